The molecule has 0 spiro atoms. The molecule has 1 saturated carbocycles. The maximum Gasteiger partial charge on any atom is 0.216 e. The van der Waals surface area contributed by atoms with E-state index < -0.39 is 0 Å². The van der Waals surface area contributed by atoms with Crippen molar-refractivity contribution in [3.05, 3.63) is 41.9 Å². The molecule has 0 bridgehead atoms. The highest BCUT2D eigenvalue weighted by Gasteiger charge is 2.21. The number of rotatable bonds is 6. The first-order valence-corrected chi connectivity index (χ1v) is 8.28. The lowest BCUT2D eigenvalue weighted by Gasteiger charge is -2.09. The Morgan fingerprint density at radius 3 is 2.74 bits per heavy atom. The first-order valence-electron chi connectivity index (χ1n) is 8.28. The second-order valence-electron chi connectivity index (χ2n) is 6.00. The molecule has 122 valence electrons. The Hall–Kier alpha value is -2.30. The molecule has 0 atom stereocenters. The molecule has 3 rings (SSSR count). The van der Waals surface area contributed by atoms with Crippen molar-refractivity contribution in [1.82, 2.24) is 15.6 Å². The number of benzene rings is 1. The van der Waals surface area contributed by atoms with E-state index in [1.807, 2.05) is 12.1 Å². The van der Waals surface area contributed by atoms with Gasteiger partial charge in [-0.2, -0.15) is 0 Å². The largest absolute Gasteiger partial charge is 0.439 e. The van der Waals surface area contributed by atoms with E-state index in [0.717, 1.165) is 36.3 Å². The minimum Gasteiger partial charge on any atom is -0.439 e. The molecule has 1 fully saturated rings. The zero-order valence-corrected chi connectivity index (χ0v) is 13.8. The fourth-order valence-electron chi connectivity index (χ4n) is 2.29. The summed E-state index contributed by atoms with van der Waals surface area (Å²) < 4.78 is 5.80. The fraction of sp³-hybridized carbons (Fsp3) is 0.444. The Morgan fingerprint density at radius 1 is 1.26 bits per heavy atom. The molecule has 0 aliphatic heterocycles. The number of oxazole rings is 1. The van der Waals surface area contributed by atoms with Gasteiger partial charge in [0, 0.05) is 18.7 Å². The second-order valence-corrected chi connectivity index (χ2v) is 6.00. The second kappa shape index (κ2) is 7.31. The SMILES string of the molecule is CCNC(=NCc1ncc(-c2ccc(C)cc2)o1)NCC1CC1. The van der Waals surface area contributed by atoms with Gasteiger partial charge in [0.05, 0.1) is 6.20 Å². The minimum absolute atomic E-state index is 0.436. The molecule has 23 heavy (non-hydrogen) atoms. The number of nitrogens with one attached hydrogen (secondary N) is 2. The molecule has 1 heterocycles. The maximum atomic E-state index is 5.80. The summed E-state index contributed by atoms with van der Waals surface area (Å²) in [5.41, 5.74) is 2.27. The molecule has 2 aromatic rings. The minimum atomic E-state index is 0.436. The number of aromatic nitrogens is 1. The monoisotopic (exact) mass is 312 g/mol. The van der Waals surface area contributed by atoms with Crippen LogP contribution in [0.1, 0.15) is 31.2 Å². The summed E-state index contributed by atoms with van der Waals surface area (Å²) in [4.78, 5) is 8.87. The van der Waals surface area contributed by atoms with Crippen LogP contribution in [0.4, 0.5) is 0 Å². The first-order chi connectivity index (χ1) is 11.2. The van der Waals surface area contributed by atoms with Gasteiger partial charge in [-0.05, 0) is 32.6 Å². The molecule has 2 N–H and O–H groups in total. The summed E-state index contributed by atoms with van der Waals surface area (Å²) in [6.45, 7) is 6.41. The van der Waals surface area contributed by atoms with Crippen LogP contribution in [0.3, 0.4) is 0 Å². The molecular weight excluding hydrogens is 288 g/mol. The zero-order chi connectivity index (χ0) is 16.1. The molecule has 1 aliphatic rings. The number of guanidine groups is 1. The smallest absolute Gasteiger partial charge is 0.216 e. The van der Waals surface area contributed by atoms with E-state index in [1.165, 1.54) is 18.4 Å². The van der Waals surface area contributed by atoms with E-state index in [9.17, 15) is 0 Å². The molecular formula is C18H24N4O. The topological polar surface area (TPSA) is 62.5 Å². The Bertz CT molecular complexity index is 656. The summed E-state index contributed by atoms with van der Waals surface area (Å²) in [5, 5.41) is 6.62. The number of hydrogen-bond acceptors (Lipinski definition) is 3. The van der Waals surface area contributed by atoms with Crippen molar-refractivity contribution < 1.29 is 4.42 Å². The van der Waals surface area contributed by atoms with Gasteiger partial charge < -0.3 is 15.1 Å². The van der Waals surface area contributed by atoms with Crippen LogP contribution in [0.25, 0.3) is 11.3 Å². The Morgan fingerprint density at radius 2 is 2.04 bits per heavy atom. The molecule has 1 aromatic carbocycles. The highest BCUT2D eigenvalue weighted by Crippen LogP contribution is 2.27. The summed E-state index contributed by atoms with van der Waals surface area (Å²) >= 11 is 0. The standard InChI is InChI=1S/C18H24N4O/c1-3-19-18(21-10-14-6-7-14)22-12-17-20-11-16(23-17)15-8-4-13(2)5-9-15/h4-5,8-9,11,14H,3,6-7,10,12H2,1-2H3,(H2,19,21,22). The summed E-state index contributed by atoms with van der Waals surface area (Å²) in [7, 11) is 0. The van der Waals surface area contributed by atoms with Crippen LogP contribution >= 0.6 is 0 Å². The summed E-state index contributed by atoms with van der Waals surface area (Å²) in [6, 6.07) is 8.23. The number of aliphatic imine (C=N–C) groups is 1. The molecule has 1 aromatic heterocycles. The van der Waals surface area contributed by atoms with Crippen LogP contribution in [-0.4, -0.2) is 24.0 Å². The fourth-order valence-corrected chi connectivity index (χ4v) is 2.29. The quantitative estimate of drug-likeness (QED) is 0.635. The van der Waals surface area contributed by atoms with Crippen molar-refractivity contribution in [3.63, 3.8) is 0 Å². The molecule has 5 heteroatoms. The van der Waals surface area contributed by atoms with E-state index in [-0.39, 0.29) is 0 Å². The molecule has 0 saturated heterocycles. The van der Waals surface area contributed by atoms with Crippen LogP contribution in [0, 0.1) is 12.8 Å². The van der Waals surface area contributed by atoms with Gasteiger partial charge in [-0.3, -0.25) is 0 Å². The molecule has 0 radical (unpaired) electrons. The number of hydrogen-bond donors (Lipinski definition) is 2. The van der Waals surface area contributed by atoms with Gasteiger partial charge in [-0.1, -0.05) is 29.8 Å². The van der Waals surface area contributed by atoms with Gasteiger partial charge in [-0.25, -0.2) is 9.98 Å². The van der Waals surface area contributed by atoms with Gasteiger partial charge in [0.2, 0.25) is 5.89 Å². The van der Waals surface area contributed by atoms with Crippen LogP contribution in [0.5, 0.6) is 0 Å². The van der Waals surface area contributed by atoms with Crippen molar-refractivity contribution in [2.24, 2.45) is 10.9 Å². The Kier molecular flexibility index (Phi) is 4.95. The third-order valence-corrected chi connectivity index (χ3v) is 3.86. The van der Waals surface area contributed by atoms with E-state index in [2.05, 4.69) is 46.6 Å². The predicted molar refractivity (Wildman–Crippen MR) is 92.2 cm³/mol. The summed E-state index contributed by atoms with van der Waals surface area (Å²) in [6.07, 6.45) is 4.41. The molecule has 1 aliphatic carbocycles. The molecule has 5 nitrogen and oxygen atoms in total. The average molecular weight is 312 g/mol. The third kappa shape index (κ3) is 4.58. The van der Waals surface area contributed by atoms with E-state index in [4.69, 9.17) is 4.42 Å². The normalized spacial score (nSPS) is 14.8. The lowest BCUT2D eigenvalue weighted by atomic mass is 10.1. The highest BCUT2D eigenvalue weighted by atomic mass is 16.4. The molecule has 0 unspecified atom stereocenters. The number of aryl methyl sites for hydroxylation is 1. The van der Waals surface area contributed by atoms with E-state index in [0.29, 0.717) is 12.4 Å². The molecule has 0 amide bonds. The van der Waals surface area contributed by atoms with Gasteiger partial charge >= 0.3 is 0 Å². The van der Waals surface area contributed by atoms with Crippen molar-refractivity contribution >= 4 is 5.96 Å². The lowest BCUT2D eigenvalue weighted by molar-refractivity contribution is 0.509. The van der Waals surface area contributed by atoms with Gasteiger partial charge in [0.1, 0.15) is 6.54 Å². The van der Waals surface area contributed by atoms with Gasteiger partial charge in [0.15, 0.2) is 11.7 Å². The van der Waals surface area contributed by atoms with Crippen LogP contribution < -0.4 is 10.6 Å². The van der Waals surface area contributed by atoms with Crippen LogP contribution in [0.2, 0.25) is 0 Å². The van der Waals surface area contributed by atoms with Gasteiger partial charge in [0.25, 0.3) is 0 Å². The number of nitrogens with zero attached hydrogens (tertiary/aromatic N) is 2. The van der Waals surface area contributed by atoms with Crippen LogP contribution in [0.15, 0.2) is 39.9 Å². The zero-order valence-electron chi connectivity index (χ0n) is 13.8. The van der Waals surface area contributed by atoms with Crippen molar-refractivity contribution in [2.75, 3.05) is 13.1 Å². The van der Waals surface area contributed by atoms with E-state index >= 15 is 0 Å². The summed E-state index contributed by atoms with van der Waals surface area (Å²) in [5.74, 6) is 3.05. The van der Waals surface area contributed by atoms with Crippen molar-refractivity contribution in [3.8, 4) is 11.3 Å². The Labute approximate surface area is 137 Å². The van der Waals surface area contributed by atoms with Crippen molar-refractivity contribution in [2.45, 2.75) is 33.2 Å². The highest BCUT2D eigenvalue weighted by molar-refractivity contribution is 5.79. The van der Waals surface area contributed by atoms with Gasteiger partial charge in [-0.15, -0.1) is 0 Å². The average Bonchev–Trinajstić information content (AvgIpc) is 3.27. The van der Waals surface area contributed by atoms with E-state index in [1.54, 1.807) is 6.20 Å². The van der Waals surface area contributed by atoms with Crippen molar-refractivity contribution in [1.29, 1.82) is 0 Å². The first kappa shape index (κ1) is 15.6. The lowest BCUT2D eigenvalue weighted by Crippen LogP contribution is -2.38. The third-order valence-electron chi connectivity index (χ3n) is 3.86. The predicted octanol–water partition coefficient (Wildman–Crippen LogP) is 3.12. The van der Waals surface area contributed by atoms with Crippen LogP contribution in [-0.2, 0) is 6.54 Å². The Balaban J connectivity index is 1.62. The maximum absolute atomic E-state index is 5.80.